The van der Waals surface area contributed by atoms with E-state index in [0.29, 0.717) is 0 Å². The van der Waals surface area contributed by atoms with E-state index < -0.39 is 0 Å². The Balaban J connectivity index is 2.55. The molecule has 0 aliphatic heterocycles. The van der Waals surface area contributed by atoms with Crippen LogP contribution in [-0.4, -0.2) is 0 Å². The highest BCUT2D eigenvalue weighted by atomic mass is 35.5. The van der Waals surface area contributed by atoms with Crippen LogP contribution in [0.2, 0.25) is 5.02 Å². The fourth-order valence-corrected chi connectivity index (χ4v) is 2.63. The largest absolute Gasteiger partial charge is 0.324 e. The molecule has 0 saturated carbocycles. The van der Waals surface area contributed by atoms with E-state index in [2.05, 4.69) is 19.1 Å². The Kier molecular flexibility index (Phi) is 2.80. The zero-order valence-electron chi connectivity index (χ0n) is 8.52. The Morgan fingerprint density at radius 1 is 1.50 bits per heavy atom. The topological polar surface area (TPSA) is 26.0 Å². The van der Waals surface area contributed by atoms with Crippen molar-refractivity contribution in [2.75, 3.05) is 0 Å². The van der Waals surface area contributed by atoms with E-state index in [1.165, 1.54) is 23.1 Å². The third-order valence-corrected chi connectivity index (χ3v) is 3.25. The molecule has 0 bridgehead atoms. The standard InChI is InChI=1S/C12H16ClN/c1-2-8-6-10(13)7-9-4-3-5-11(14)12(8)9/h6-7,11H,2-5,14H2,1H3/t11-/m0/s1. The number of nitrogens with two attached hydrogens (primary N) is 1. The lowest BCUT2D eigenvalue weighted by atomic mass is 9.84. The minimum Gasteiger partial charge on any atom is -0.324 e. The van der Waals surface area contributed by atoms with Crippen LogP contribution in [0.1, 0.15) is 42.5 Å². The maximum Gasteiger partial charge on any atom is 0.0411 e. The fourth-order valence-electron chi connectivity index (χ4n) is 2.37. The molecule has 2 rings (SSSR count). The molecule has 1 aromatic carbocycles. The molecule has 1 aliphatic rings. The van der Waals surface area contributed by atoms with Gasteiger partial charge in [0.2, 0.25) is 0 Å². The van der Waals surface area contributed by atoms with Crippen LogP contribution in [0.5, 0.6) is 0 Å². The summed E-state index contributed by atoms with van der Waals surface area (Å²) in [6.45, 7) is 2.16. The summed E-state index contributed by atoms with van der Waals surface area (Å²) in [5.41, 5.74) is 10.2. The summed E-state index contributed by atoms with van der Waals surface area (Å²) >= 11 is 6.07. The van der Waals surface area contributed by atoms with Crippen LogP contribution < -0.4 is 5.73 Å². The third kappa shape index (κ3) is 1.67. The average Bonchev–Trinajstić information content (AvgIpc) is 2.16. The molecule has 0 saturated heterocycles. The quantitative estimate of drug-likeness (QED) is 0.755. The number of aryl methyl sites for hydroxylation is 2. The summed E-state index contributed by atoms with van der Waals surface area (Å²) in [4.78, 5) is 0. The maximum absolute atomic E-state index is 6.13. The normalized spacial score (nSPS) is 20.6. The first kappa shape index (κ1) is 10.0. The van der Waals surface area contributed by atoms with Crippen LogP contribution >= 0.6 is 11.6 Å². The predicted molar refractivity (Wildman–Crippen MR) is 60.7 cm³/mol. The molecule has 0 aromatic heterocycles. The highest BCUT2D eigenvalue weighted by Crippen LogP contribution is 2.33. The second kappa shape index (κ2) is 3.92. The van der Waals surface area contributed by atoms with Crippen molar-refractivity contribution in [3.8, 4) is 0 Å². The molecule has 0 amide bonds. The number of rotatable bonds is 1. The van der Waals surface area contributed by atoms with Gasteiger partial charge in [0.15, 0.2) is 0 Å². The molecular weight excluding hydrogens is 194 g/mol. The summed E-state index contributed by atoms with van der Waals surface area (Å²) < 4.78 is 0. The Labute approximate surface area is 90.3 Å². The van der Waals surface area contributed by atoms with Gasteiger partial charge < -0.3 is 5.73 Å². The van der Waals surface area contributed by atoms with Crippen molar-refractivity contribution in [1.82, 2.24) is 0 Å². The summed E-state index contributed by atoms with van der Waals surface area (Å²) in [5.74, 6) is 0. The van der Waals surface area contributed by atoms with Gasteiger partial charge >= 0.3 is 0 Å². The summed E-state index contributed by atoms with van der Waals surface area (Å²) in [5, 5.41) is 0.856. The summed E-state index contributed by atoms with van der Waals surface area (Å²) in [7, 11) is 0. The summed E-state index contributed by atoms with van der Waals surface area (Å²) in [6.07, 6.45) is 4.46. The Morgan fingerprint density at radius 2 is 2.29 bits per heavy atom. The Bertz CT molecular complexity index is 329. The monoisotopic (exact) mass is 209 g/mol. The van der Waals surface area contributed by atoms with Crippen LogP contribution in [0.15, 0.2) is 12.1 Å². The van der Waals surface area contributed by atoms with Crippen molar-refractivity contribution in [3.63, 3.8) is 0 Å². The molecule has 0 unspecified atom stereocenters. The van der Waals surface area contributed by atoms with Gasteiger partial charge in [0.25, 0.3) is 0 Å². The molecule has 14 heavy (non-hydrogen) atoms. The first-order valence-corrected chi connectivity index (χ1v) is 5.67. The minimum absolute atomic E-state index is 0.228. The van der Waals surface area contributed by atoms with E-state index in [1.807, 2.05) is 0 Å². The maximum atomic E-state index is 6.13. The molecule has 0 radical (unpaired) electrons. The molecule has 2 N–H and O–H groups in total. The van der Waals surface area contributed by atoms with Gasteiger partial charge in [-0.05, 0) is 54.5 Å². The van der Waals surface area contributed by atoms with Crippen molar-refractivity contribution in [2.45, 2.75) is 38.6 Å². The molecule has 2 heteroatoms. The van der Waals surface area contributed by atoms with Gasteiger partial charge in [0, 0.05) is 11.1 Å². The van der Waals surface area contributed by atoms with Crippen molar-refractivity contribution in [2.24, 2.45) is 5.73 Å². The van der Waals surface area contributed by atoms with Crippen LogP contribution in [0.3, 0.4) is 0 Å². The van der Waals surface area contributed by atoms with E-state index >= 15 is 0 Å². The Hall–Kier alpha value is -0.530. The van der Waals surface area contributed by atoms with Gasteiger partial charge in [-0.25, -0.2) is 0 Å². The van der Waals surface area contributed by atoms with Crippen LogP contribution in [0.4, 0.5) is 0 Å². The van der Waals surface area contributed by atoms with E-state index in [0.717, 1.165) is 24.3 Å². The van der Waals surface area contributed by atoms with Gasteiger partial charge in [-0.3, -0.25) is 0 Å². The first-order valence-electron chi connectivity index (χ1n) is 5.29. The fraction of sp³-hybridized carbons (Fsp3) is 0.500. The van der Waals surface area contributed by atoms with E-state index in [-0.39, 0.29) is 6.04 Å². The van der Waals surface area contributed by atoms with Gasteiger partial charge in [0.05, 0.1) is 0 Å². The molecule has 1 aliphatic carbocycles. The van der Waals surface area contributed by atoms with E-state index in [4.69, 9.17) is 17.3 Å². The Morgan fingerprint density at radius 3 is 3.00 bits per heavy atom. The SMILES string of the molecule is CCc1cc(Cl)cc2c1[C@@H](N)CCC2. The molecule has 1 aromatic rings. The zero-order valence-corrected chi connectivity index (χ0v) is 9.27. The third-order valence-electron chi connectivity index (χ3n) is 3.03. The van der Waals surface area contributed by atoms with Crippen LogP contribution in [0, 0.1) is 0 Å². The van der Waals surface area contributed by atoms with Gasteiger partial charge in [-0.2, -0.15) is 0 Å². The van der Waals surface area contributed by atoms with Gasteiger partial charge in [0.1, 0.15) is 0 Å². The van der Waals surface area contributed by atoms with E-state index in [9.17, 15) is 0 Å². The van der Waals surface area contributed by atoms with Crippen molar-refractivity contribution in [1.29, 1.82) is 0 Å². The molecule has 1 nitrogen and oxygen atoms in total. The molecular formula is C12H16ClN. The predicted octanol–water partition coefficient (Wildman–Crippen LogP) is 3.24. The lowest BCUT2D eigenvalue weighted by Crippen LogP contribution is -2.19. The van der Waals surface area contributed by atoms with Crippen LogP contribution in [-0.2, 0) is 12.8 Å². The van der Waals surface area contributed by atoms with Crippen LogP contribution in [0.25, 0.3) is 0 Å². The number of benzene rings is 1. The minimum atomic E-state index is 0.228. The second-order valence-corrected chi connectivity index (χ2v) is 4.43. The molecule has 0 fully saturated rings. The van der Waals surface area contributed by atoms with Crippen molar-refractivity contribution in [3.05, 3.63) is 33.8 Å². The number of fused-ring (bicyclic) bond motifs is 1. The number of halogens is 1. The lowest BCUT2D eigenvalue weighted by molar-refractivity contribution is 0.565. The molecule has 0 heterocycles. The van der Waals surface area contributed by atoms with E-state index in [1.54, 1.807) is 0 Å². The number of hydrogen-bond acceptors (Lipinski definition) is 1. The summed E-state index contributed by atoms with van der Waals surface area (Å²) in [6, 6.07) is 4.37. The molecule has 76 valence electrons. The highest BCUT2D eigenvalue weighted by molar-refractivity contribution is 6.30. The first-order chi connectivity index (χ1) is 6.72. The lowest BCUT2D eigenvalue weighted by Gasteiger charge is -2.25. The highest BCUT2D eigenvalue weighted by Gasteiger charge is 2.19. The average molecular weight is 210 g/mol. The molecule has 0 spiro atoms. The van der Waals surface area contributed by atoms with Crippen molar-refractivity contribution >= 4 is 11.6 Å². The molecule has 1 atom stereocenters. The zero-order chi connectivity index (χ0) is 10.1. The van der Waals surface area contributed by atoms with Gasteiger partial charge in [-0.15, -0.1) is 0 Å². The van der Waals surface area contributed by atoms with Crippen molar-refractivity contribution < 1.29 is 0 Å². The van der Waals surface area contributed by atoms with Gasteiger partial charge in [-0.1, -0.05) is 18.5 Å². The second-order valence-electron chi connectivity index (χ2n) is 3.99. The number of hydrogen-bond donors (Lipinski definition) is 1. The smallest absolute Gasteiger partial charge is 0.0411 e.